The van der Waals surface area contributed by atoms with Crippen LogP contribution in [0.25, 0.3) is 0 Å². The van der Waals surface area contributed by atoms with Crippen LogP contribution >= 0.6 is 0 Å². The normalized spacial score (nSPS) is 7.62. The van der Waals surface area contributed by atoms with Gasteiger partial charge in [-0.15, -0.1) is 0 Å². The van der Waals surface area contributed by atoms with Crippen LogP contribution in [0.15, 0.2) is 30.3 Å². The van der Waals surface area contributed by atoms with Crippen LogP contribution in [0.3, 0.4) is 0 Å². The molecule has 0 spiro atoms. The zero-order valence-corrected chi connectivity index (χ0v) is 6.26. The Balaban J connectivity index is 0.000000490. The fourth-order valence-corrected chi connectivity index (χ4v) is 0.534. The van der Waals surface area contributed by atoms with E-state index in [4.69, 9.17) is 0 Å². The van der Waals surface area contributed by atoms with Gasteiger partial charge in [-0.1, -0.05) is 35.9 Å². The van der Waals surface area contributed by atoms with Crippen molar-refractivity contribution in [2.45, 2.75) is 6.92 Å². The number of rotatable bonds is 0. The molecule has 1 aromatic rings. The predicted molar refractivity (Wildman–Crippen MR) is 31.2 cm³/mol. The van der Waals surface area contributed by atoms with Crippen molar-refractivity contribution < 1.29 is 20.4 Å². The zero-order valence-electron chi connectivity index (χ0n) is 4.70. The van der Waals surface area contributed by atoms with Crippen LogP contribution in [0.1, 0.15) is 5.56 Å². The van der Waals surface area contributed by atoms with Gasteiger partial charge in [0, 0.05) is 0 Å². The molecule has 0 aliphatic rings. The van der Waals surface area contributed by atoms with Gasteiger partial charge in [0.25, 0.3) is 0 Å². The second-order valence-corrected chi connectivity index (χ2v) is 1.65. The summed E-state index contributed by atoms with van der Waals surface area (Å²) >= 11 is 0. The van der Waals surface area contributed by atoms with Crippen molar-refractivity contribution in [1.82, 2.24) is 0 Å². The largest absolute Gasteiger partial charge is 2.00 e. The Morgan fingerprint density at radius 2 is 1.50 bits per heavy atom. The smallest absolute Gasteiger partial charge is 0.0622 e. The maximum Gasteiger partial charge on any atom is 2.00 e. The molecule has 0 aliphatic heterocycles. The minimum Gasteiger partial charge on any atom is -0.0622 e. The summed E-state index contributed by atoms with van der Waals surface area (Å²) in [6.45, 7) is 2.08. The summed E-state index contributed by atoms with van der Waals surface area (Å²) in [5, 5.41) is 0. The molecule has 0 heterocycles. The number of hydrogen-bond donors (Lipinski definition) is 0. The molecule has 0 fully saturated rings. The van der Waals surface area contributed by atoms with E-state index in [9.17, 15) is 0 Å². The molecular formula is C7H8Pd+2. The van der Waals surface area contributed by atoms with Gasteiger partial charge >= 0.3 is 20.4 Å². The molecule has 1 heteroatoms. The van der Waals surface area contributed by atoms with Crippen LogP contribution in [0.4, 0.5) is 0 Å². The Kier molecular flexibility index (Phi) is 3.78. The summed E-state index contributed by atoms with van der Waals surface area (Å²) in [6.07, 6.45) is 0. The van der Waals surface area contributed by atoms with Gasteiger partial charge in [0.15, 0.2) is 0 Å². The van der Waals surface area contributed by atoms with E-state index in [2.05, 4.69) is 19.1 Å². The fourth-order valence-electron chi connectivity index (χ4n) is 0.534. The maximum absolute atomic E-state index is 2.08. The van der Waals surface area contributed by atoms with Gasteiger partial charge in [0.2, 0.25) is 0 Å². The molecule has 0 aliphatic carbocycles. The van der Waals surface area contributed by atoms with Crippen LogP contribution < -0.4 is 0 Å². The molecule has 0 saturated carbocycles. The molecule has 0 radical (unpaired) electrons. The molecule has 1 rings (SSSR count). The van der Waals surface area contributed by atoms with Crippen molar-refractivity contribution in [3.8, 4) is 0 Å². The fraction of sp³-hybridized carbons (Fsp3) is 0.143. The molecule has 0 unspecified atom stereocenters. The molecule has 0 aromatic heterocycles. The monoisotopic (exact) mass is 198 g/mol. The van der Waals surface area contributed by atoms with E-state index in [-0.39, 0.29) is 20.4 Å². The van der Waals surface area contributed by atoms with Crippen molar-refractivity contribution in [3.05, 3.63) is 35.9 Å². The summed E-state index contributed by atoms with van der Waals surface area (Å²) in [7, 11) is 0. The van der Waals surface area contributed by atoms with Crippen molar-refractivity contribution in [3.63, 3.8) is 0 Å². The summed E-state index contributed by atoms with van der Waals surface area (Å²) in [6, 6.07) is 10.3. The van der Waals surface area contributed by atoms with Crippen molar-refractivity contribution in [2.24, 2.45) is 0 Å². The van der Waals surface area contributed by atoms with E-state index in [0.717, 1.165) is 0 Å². The van der Waals surface area contributed by atoms with Crippen LogP contribution in [0.5, 0.6) is 0 Å². The Labute approximate surface area is 63.6 Å². The Bertz CT molecular complexity index is 134. The molecule has 1 aromatic carbocycles. The quantitative estimate of drug-likeness (QED) is 0.560. The molecule has 0 N–H and O–H groups in total. The van der Waals surface area contributed by atoms with Crippen LogP contribution in [-0.2, 0) is 20.4 Å². The van der Waals surface area contributed by atoms with E-state index in [1.807, 2.05) is 18.2 Å². The van der Waals surface area contributed by atoms with Gasteiger partial charge in [0.05, 0.1) is 0 Å². The van der Waals surface area contributed by atoms with E-state index in [1.165, 1.54) is 5.56 Å². The topological polar surface area (TPSA) is 0 Å². The Morgan fingerprint density at radius 3 is 1.75 bits per heavy atom. The maximum atomic E-state index is 2.08. The van der Waals surface area contributed by atoms with E-state index in [1.54, 1.807) is 0 Å². The Morgan fingerprint density at radius 1 is 1.00 bits per heavy atom. The zero-order chi connectivity index (χ0) is 5.11. The molecule has 0 amide bonds. The number of benzene rings is 1. The standard InChI is InChI=1S/C7H8.Pd/c1-7-5-3-2-4-6-7;/h2-6H,1H3;/q;+2. The average Bonchev–Trinajstić information content (AvgIpc) is 1.69. The molecule has 0 nitrogen and oxygen atoms in total. The minimum atomic E-state index is 0. The number of hydrogen-bond acceptors (Lipinski definition) is 0. The minimum absolute atomic E-state index is 0. The second-order valence-electron chi connectivity index (χ2n) is 1.65. The van der Waals surface area contributed by atoms with Gasteiger partial charge < -0.3 is 0 Å². The average molecular weight is 199 g/mol. The molecule has 0 atom stereocenters. The number of aryl methyl sites for hydroxylation is 1. The molecule has 8 heavy (non-hydrogen) atoms. The van der Waals surface area contributed by atoms with E-state index >= 15 is 0 Å². The van der Waals surface area contributed by atoms with Crippen molar-refractivity contribution in [2.75, 3.05) is 0 Å². The van der Waals surface area contributed by atoms with E-state index in [0.29, 0.717) is 0 Å². The second kappa shape index (κ2) is 3.83. The third kappa shape index (κ3) is 2.26. The van der Waals surface area contributed by atoms with Crippen LogP contribution in [0.2, 0.25) is 0 Å². The van der Waals surface area contributed by atoms with Crippen LogP contribution in [0, 0.1) is 6.92 Å². The third-order valence-electron chi connectivity index (χ3n) is 0.940. The first-order chi connectivity index (χ1) is 3.39. The molecule has 0 bridgehead atoms. The molecule has 0 saturated heterocycles. The first-order valence-electron chi connectivity index (χ1n) is 2.41. The molecular weight excluding hydrogens is 190 g/mol. The van der Waals surface area contributed by atoms with Gasteiger partial charge in [-0.05, 0) is 6.92 Å². The van der Waals surface area contributed by atoms with Crippen molar-refractivity contribution >= 4 is 0 Å². The van der Waals surface area contributed by atoms with Crippen LogP contribution in [-0.4, -0.2) is 0 Å². The van der Waals surface area contributed by atoms with Gasteiger partial charge in [-0.25, -0.2) is 0 Å². The van der Waals surface area contributed by atoms with E-state index < -0.39 is 0 Å². The van der Waals surface area contributed by atoms with Gasteiger partial charge in [0.1, 0.15) is 0 Å². The third-order valence-corrected chi connectivity index (χ3v) is 0.940. The first kappa shape index (κ1) is 7.88. The SMILES string of the molecule is Cc1ccccc1.[Pd+2]. The Hall–Kier alpha value is -0.118. The first-order valence-corrected chi connectivity index (χ1v) is 2.41. The van der Waals surface area contributed by atoms with Gasteiger partial charge in [-0.2, -0.15) is 0 Å². The summed E-state index contributed by atoms with van der Waals surface area (Å²) < 4.78 is 0. The summed E-state index contributed by atoms with van der Waals surface area (Å²) in [5.41, 5.74) is 1.32. The predicted octanol–water partition coefficient (Wildman–Crippen LogP) is 1.99. The molecule has 44 valence electrons. The summed E-state index contributed by atoms with van der Waals surface area (Å²) in [5.74, 6) is 0. The summed E-state index contributed by atoms with van der Waals surface area (Å²) in [4.78, 5) is 0. The van der Waals surface area contributed by atoms with Crippen molar-refractivity contribution in [1.29, 1.82) is 0 Å². The van der Waals surface area contributed by atoms with Gasteiger partial charge in [-0.3, -0.25) is 0 Å².